The smallest absolute Gasteiger partial charge is 0.167 e. The lowest BCUT2D eigenvalue weighted by Crippen LogP contribution is -2.21. The maximum absolute atomic E-state index is 14.9. The predicted octanol–water partition coefficient (Wildman–Crippen LogP) is 9.31. The number of rotatable bonds is 10. The molecule has 1 aliphatic carbocycles. The fraction of sp³-hybridized carbons (Fsp3) is 0.438. The Morgan fingerprint density at radius 3 is 2.14 bits per heavy atom. The van der Waals surface area contributed by atoms with Crippen LogP contribution >= 0.6 is 0 Å². The average molecular weight is 495 g/mol. The molecule has 1 fully saturated rings. The van der Waals surface area contributed by atoms with Crippen LogP contribution < -0.4 is 0 Å². The van der Waals surface area contributed by atoms with Crippen LogP contribution in [0.3, 0.4) is 0 Å². The SMILES string of the molecule is CCCCc1ccc(C2CCC(OCc3ccc(-c4ccc(CCC)cc4)c(F)c3F)CC2)c(F)c1. The Bertz CT molecular complexity index is 1130. The number of halogens is 3. The van der Waals surface area contributed by atoms with E-state index in [1.165, 1.54) is 5.56 Å². The first kappa shape index (κ1) is 26.5. The van der Waals surface area contributed by atoms with Crippen LogP contribution in [0.1, 0.15) is 87.0 Å². The highest BCUT2D eigenvalue weighted by molar-refractivity contribution is 5.65. The van der Waals surface area contributed by atoms with Crippen LogP contribution in [0.2, 0.25) is 0 Å². The van der Waals surface area contributed by atoms with E-state index in [4.69, 9.17) is 4.74 Å². The number of hydrogen-bond donors (Lipinski definition) is 0. The fourth-order valence-electron chi connectivity index (χ4n) is 5.25. The molecular weight excluding hydrogens is 457 g/mol. The standard InChI is InChI=1S/C32H37F3O/c1-3-5-7-23-10-18-28(30(33)20-23)24-13-16-27(17-14-24)36-21-26-15-19-29(32(35)31(26)34)25-11-8-22(6-4-2)9-12-25/h8-12,15,18-20,24,27H,3-7,13-14,16-17,21H2,1-2H3. The monoisotopic (exact) mass is 494 g/mol. The third kappa shape index (κ3) is 6.39. The van der Waals surface area contributed by atoms with E-state index in [1.54, 1.807) is 18.2 Å². The van der Waals surface area contributed by atoms with Crippen LogP contribution in [0.5, 0.6) is 0 Å². The molecule has 192 valence electrons. The molecule has 1 nitrogen and oxygen atoms in total. The second kappa shape index (κ2) is 12.6. The van der Waals surface area contributed by atoms with Crippen molar-refractivity contribution in [3.8, 4) is 11.1 Å². The number of ether oxygens (including phenoxy) is 1. The van der Waals surface area contributed by atoms with Gasteiger partial charge in [-0.2, -0.15) is 0 Å². The minimum absolute atomic E-state index is 0.0265. The molecule has 0 spiro atoms. The third-order valence-electron chi connectivity index (χ3n) is 7.44. The quantitative estimate of drug-likeness (QED) is 0.273. The van der Waals surface area contributed by atoms with Gasteiger partial charge in [-0.3, -0.25) is 0 Å². The van der Waals surface area contributed by atoms with E-state index in [9.17, 15) is 13.2 Å². The zero-order chi connectivity index (χ0) is 25.5. The van der Waals surface area contributed by atoms with Crippen molar-refractivity contribution < 1.29 is 17.9 Å². The van der Waals surface area contributed by atoms with Crippen molar-refractivity contribution in [3.05, 3.63) is 94.3 Å². The third-order valence-corrected chi connectivity index (χ3v) is 7.44. The van der Waals surface area contributed by atoms with E-state index in [0.29, 0.717) is 5.56 Å². The van der Waals surface area contributed by atoms with Gasteiger partial charge in [0.15, 0.2) is 11.6 Å². The minimum Gasteiger partial charge on any atom is -0.373 e. The summed E-state index contributed by atoms with van der Waals surface area (Å²) in [6.45, 7) is 4.29. The number of unbranched alkanes of at least 4 members (excludes halogenated alkanes) is 1. The van der Waals surface area contributed by atoms with Gasteiger partial charge in [0.25, 0.3) is 0 Å². The van der Waals surface area contributed by atoms with Gasteiger partial charge >= 0.3 is 0 Å². The largest absolute Gasteiger partial charge is 0.373 e. The summed E-state index contributed by atoms with van der Waals surface area (Å²) in [5.74, 6) is -1.60. The maximum atomic E-state index is 14.9. The highest BCUT2D eigenvalue weighted by Gasteiger charge is 2.25. The van der Waals surface area contributed by atoms with Crippen LogP contribution in [0.25, 0.3) is 11.1 Å². The molecule has 1 saturated carbocycles. The highest BCUT2D eigenvalue weighted by atomic mass is 19.2. The lowest BCUT2D eigenvalue weighted by molar-refractivity contribution is 0.0117. The van der Waals surface area contributed by atoms with Crippen molar-refractivity contribution in [2.45, 2.75) is 90.3 Å². The van der Waals surface area contributed by atoms with Crippen LogP contribution in [-0.2, 0) is 24.2 Å². The summed E-state index contributed by atoms with van der Waals surface area (Å²) in [7, 11) is 0. The summed E-state index contributed by atoms with van der Waals surface area (Å²) in [6.07, 6.45) is 8.30. The highest BCUT2D eigenvalue weighted by Crippen LogP contribution is 2.36. The van der Waals surface area contributed by atoms with Crippen LogP contribution in [0.4, 0.5) is 13.2 Å². The second-order valence-electron chi connectivity index (χ2n) is 10.1. The number of benzene rings is 3. The molecule has 0 atom stereocenters. The van der Waals surface area contributed by atoms with Gasteiger partial charge in [-0.05, 0) is 79.2 Å². The van der Waals surface area contributed by atoms with E-state index in [1.807, 2.05) is 30.3 Å². The molecule has 0 radical (unpaired) electrons. The molecule has 4 rings (SSSR count). The van der Waals surface area contributed by atoms with Crippen molar-refractivity contribution in [2.75, 3.05) is 0 Å². The summed E-state index contributed by atoms with van der Waals surface area (Å²) < 4.78 is 50.4. The van der Waals surface area contributed by atoms with E-state index in [0.717, 1.165) is 68.9 Å². The summed E-state index contributed by atoms with van der Waals surface area (Å²) in [6, 6.07) is 16.6. The Morgan fingerprint density at radius 1 is 0.750 bits per heavy atom. The Hall–Kier alpha value is -2.59. The van der Waals surface area contributed by atoms with Crippen LogP contribution in [-0.4, -0.2) is 6.10 Å². The molecule has 0 aliphatic heterocycles. The molecular formula is C32H37F3O. The first-order valence-electron chi connectivity index (χ1n) is 13.5. The van der Waals surface area contributed by atoms with Crippen molar-refractivity contribution in [3.63, 3.8) is 0 Å². The fourth-order valence-corrected chi connectivity index (χ4v) is 5.25. The van der Waals surface area contributed by atoms with Crippen LogP contribution in [0.15, 0.2) is 54.6 Å². The molecule has 0 aromatic heterocycles. The molecule has 1 aliphatic rings. The van der Waals surface area contributed by atoms with E-state index in [-0.39, 0.29) is 35.6 Å². The second-order valence-corrected chi connectivity index (χ2v) is 10.1. The molecule has 0 unspecified atom stereocenters. The average Bonchev–Trinajstić information content (AvgIpc) is 2.90. The summed E-state index contributed by atoms with van der Waals surface area (Å²) in [4.78, 5) is 0. The van der Waals surface area contributed by atoms with Crippen molar-refractivity contribution in [2.24, 2.45) is 0 Å². The Kier molecular flexibility index (Phi) is 9.25. The number of aryl methyl sites for hydroxylation is 2. The lowest BCUT2D eigenvalue weighted by Gasteiger charge is -2.29. The Labute approximate surface area is 213 Å². The van der Waals surface area contributed by atoms with Gasteiger partial charge in [0, 0.05) is 11.1 Å². The minimum atomic E-state index is -0.843. The first-order chi connectivity index (χ1) is 17.5. The van der Waals surface area contributed by atoms with E-state index >= 15 is 0 Å². The summed E-state index contributed by atoms with van der Waals surface area (Å²) in [5, 5.41) is 0. The molecule has 0 N–H and O–H groups in total. The van der Waals surface area contributed by atoms with Gasteiger partial charge < -0.3 is 4.74 Å². The maximum Gasteiger partial charge on any atom is 0.167 e. The van der Waals surface area contributed by atoms with Gasteiger partial charge in [-0.1, -0.05) is 75.2 Å². The molecule has 0 saturated heterocycles. The molecule has 0 bridgehead atoms. The molecule has 3 aromatic carbocycles. The Morgan fingerprint density at radius 2 is 1.47 bits per heavy atom. The van der Waals surface area contributed by atoms with Gasteiger partial charge in [0.05, 0.1) is 12.7 Å². The summed E-state index contributed by atoms with van der Waals surface area (Å²) in [5.41, 5.74) is 4.21. The summed E-state index contributed by atoms with van der Waals surface area (Å²) >= 11 is 0. The number of hydrogen-bond acceptors (Lipinski definition) is 1. The van der Waals surface area contributed by atoms with E-state index in [2.05, 4.69) is 19.9 Å². The lowest BCUT2D eigenvalue weighted by atomic mass is 9.82. The zero-order valence-electron chi connectivity index (χ0n) is 21.5. The molecule has 36 heavy (non-hydrogen) atoms. The van der Waals surface area contributed by atoms with Crippen molar-refractivity contribution in [1.82, 2.24) is 0 Å². The van der Waals surface area contributed by atoms with Gasteiger partial charge in [0.2, 0.25) is 0 Å². The predicted molar refractivity (Wildman–Crippen MR) is 141 cm³/mol. The van der Waals surface area contributed by atoms with Gasteiger partial charge in [0.1, 0.15) is 5.82 Å². The first-order valence-corrected chi connectivity index (χ1v) is 13.5. The molecule has 0 amide bonds. The molecule has 4 heteroatoms. The zero-order valence-corrected chi connectivity index (χ0v) is 21.5. The van der Waals surface area contributed by atoms with Crippen molar-refractivity contribution >= 4 is 0 Å². The van der Waals surface area contributed by atoms with Gasteiger partial charge in [-0.15, -0.1) is 0 Å². The van der Waals surface area contributed by atoms with Crippen molar-refractivity contribution in [1.29, 1.82) is 0 Å². The topological polar surface area (TPSA) is 9.23 Å². The Balaban J connectivity index is 1.32. The van der Waals surface area contributed by atoms with E-state index < -0.39 is 11.6 Å². The van der Waals surface area contributed by atoms with Crippen LogP contribution in [0, 0.1) is 17.5 Å². The molecule has 3 aromatic rings. The van der Waals surface area contributed by atoms with Gasteiger partial charge in [-0.25, -0.2) is 13.2 Å². The molecule has 0 heterocycles. The normalized spacial score (nSPS) is 17.9.